The fourth-order valence-electron chi connectivity index (χ4n) is 2.30. The summed E-state index contributed by atoms with van der Waals surface area (Å²) < 4.78 is 31.8. The summed E-state index contributed by atoms with van der Waals surface area (Å²) in [7, 11) is 0. The van der Waals surface area contributed by atoms with Crippen LogP contribution >= 0.6 is 0 Å². The summed E-state index contributed by atoms with van der Waals surface area (Å²) in [4.78, 5) is 12.0. The standard InChI is InChI=1S/C17H15F2N5O2/c18-13-4-12(5-14(19)8-13)7-17(25)20-9-11-2-1-3-15(6-11)26-10-16-21-23-24-22-16/h1-6,8H,7,9-10H2,(H,20,25)(H,21,22,23,24). The van der Waals surface area contributed by atoms with E-state index in [4.69, 9.17) is 4.74 Å². The van der Waals surface area contributed by atoms with E-state index in [1.165, 1.54) is 0 Å². The zero-order valence-electron chi connectivity index (χ0n) is 13.6. The van der Waals surface area contributed by atoms with Gasteiger partial charge in [0, 0.05) is 12.6 Å². The molecule has 2 N–H and O–H groups in total. The Morgan fingerprint density at radius 2 is 1.92 bits per heavy atom. The highest BCUT2D eigenvalue weighted by Gasteiger charge is 2.07. The summed E-state index contributed by atoms with van der Waals surface area (Å²) in [5, 5.41) is 16.0. The molecule has 0 unspecified atom stereocenters. The molecule has 0 atom stereocenters. The quantitative estimate of drug-likeness (QED) is 0.672. The van der Waals surface area contributed by atoms with Crippen molar-refractivity contribution in [3.8, 4) is 5.75 Å². The number of ether oxygens (including phenoxy) is 1. The summed E-state index contributed by atoms with van der Waals surface area (Å²) in [5.41, 5.74) is 1.09. The largest absolute Gasteiger partial charge is 0.485 e. The third-order valence-electron chi connectivity index (χ3n) is 3.43. The number of hydrogen-bond acceptors (Lipinski definition) is 5. The topological polar surface area (TPSA) is 92.8 Å². The zero-order chi connectivity index (χ0) is 18.4. The van der Waals surface area contributed by atoms with Gasteiger partial charge >= 0.3 is 0 Å². The Kier molecular flexibility index (Phi) is 5.47. The second-order valence-electron chi connectivity index (χ2n) is 5.50. The van der Waals surface area contributed by atoms with Crippen molar-refractivity contribution in [1.82, 2.24) is 25.9 Å². The van der Waals surface area contributed by atoms with Crippen LogP contribution in [-0.4, -0.2) is 26.5 Å². The first kappa shape index (κ1) is 17.5. The van der Waals surface area contributed by atoms with Gasteiger partial charge in [-0.1, -0.05) is 17.3 Å². The van der Waals surface area contributed by atoms with Gasteiger partial charge in [0.25, 0.3) is 0 Å². The summed E-state index contributed by atoms with van der Waals surface area (Å²) in [6, 6.07) is 10.2. The zero-order valence-corrected chi connectivity index (χ0v) is 13.6. The summed E-state index contributed by atoms with van der Waals surface area (Å²) in [6.45, 7) is 0.424. The number of amides is 1. The van der Waals surface area contributed by atoms with Crippen molar-refractivity contribution in [2.24, 2.45) is 0 Å². The average Bonchev–Trinajstić information content (AvgIpc) is 3.11. The van der Waals surface area contributed by atoms with Crippen LogP contribution in [0.25, 0.3) is 0 Å². The van der Waals surface area contributed by atoms with E-state index in [0.29, 0.717) is 11.6 Å². The van der Waals surface area contributed by atoms with E-state index in [1.807, 2.05) is 6.07 Å². The molecule has 1 amide bonds. The van der Waals surface area contributed by atoms with Crippen molar-refractivity contribution in [2.75, 3.05) is 0 Å². The Balaban J connectivity index is 1.52. The first-order valence-corrected chi connectivity index (χ1v) is 7.74. The lowest BCUT2D eigenvalue weighted by Crippen LogP contribution is -2.24. The molecule has 0 aliphatic heterocycles. The second-order valence-corrected chi connectivity index (χ2v) is 5.50. The molecular formula is C17H15F2N5O2. The maximum absolute atomic E-state index is 13.1. The van der Waals surface area contributed by atoms with Crippen LogP contribution in [-0.2, 0) is 24.4 Å². The predicted molar refractivity (Wildman–Crippen MR) is 86.9 cm³/mol. The van der Waals surface area contributed by atoms with Gasteiger partial charge in [-0.05, 0) is 35.4 Å². The number of H-pyrrole nitrogens is 1. The molecule has 0 radical (unpaired) electrons. The lowest BCUT2D eigenvalue weighted by atomic mass is 10.1. The Hall–Kier alpha value is -3.36. The molecule has 0 spiro atoms. The number of hydrogen-bond donors (Lipinski definition) is 2. The van der Waals surface area contributed by atoms with E-state index >= 15 is 0 Å². The fourth-order valence-corrected chi connectivity index (χ4v) is 2.30. The second kappa shape index (κ2) is 8.15. The maximum atomic E-state index is 13.1. The number of aromatic amines is 1. The van der Waals surface area contributed by atoms with Gasteiger partial charge in [-0.3, -0.25) is 4.79 Å². The van der Waals surface area contributed by atoms with Gasteiger partial charge in [-0.25, -0.2) is 8.78 Å². The Morgan fingerprint density at radius 3 is 2.65 bits per heavy atom. The molecule has 0 aliphatic carbocycles. The van der Waals surface area contributed by atoms with E-state index in [1.54, 1.807) is 18.2 Å². The Labute approximate surface area is 147 Å². The van der Waals surface area contributed by atoms with Crippen molar-refractivity contribution in [3.05, 3.63) is 71.1 Å². The summed E-state index contributed by atoms with van der Waals surface area (Å²) in [5.74, 6) is -0.744. The van der Waals surface area contributed by atoms with Crippen molar-refractivity contribution in [3.63, 3.8) is 0 Å². The predicted octanol–water partition coefficient (Wildman–Crippen LogP) is 1.92. The highest BCUT2D eigenvalue weighted by Crippen LogP contribution is 2.14. The van der Waals surface area contributed by atoms with E-state index in [-0.39, 0.29) is 31.0 Å². The Morgan fingerprint density at radius 1 is 1.12 bits per heavy atom. The van der Waals surface area contributed by atoms with Crippen molar-refractivity contribution >= 4 is 5.91 Å². The van der Waals surface area contributed by atoms with E-state index in [0.717, 1.165) is 23.8 Å². The molecule has 3 aromatic rings. The molecular weight excluding hydrogens is 344 g/mol. The number of halogens is 2. The van der Waals surface area contributed by atoms with Gasteiger partial charge in [-0.15, -0.1) is 10.2 Å². The van der Waals surface area contributed by atoms with Gasteiger partial charge in [-0.2, -0.15) is 5.21 Å². The molecule has 9 heteroatoms. The molecule has 0 saturated heterocycles. The number of rotatable bonds is 7. The number of aromatic nitrogens is 4. The van der Waals surface area contributed by atoms with Crippen molar-refractivity contribution < 1.29 is 18.3 Å². The first-order chi connectivity index (χ1) is 12.6. The third kappa shape index (κ3) is 5.07. The van der Waals surface area contributed by atoms with Gasteiger partial charge in [0.05, 0.1) is 6.42 Å². The van der Waals surface area contributed by atoms with Crippen molar-refractivity contribution in [1.29, 1.82) is 0 Å². The van der Waals surface area contributed by atoms with Crippen LogP contribution in [0.5, 0.6) is 5.75 Å². The summed E-state index contributed by atoms with van der Waals surface area (Å²) in [6.07, 6.45) is -0.108. The van der Waals surface area contributed by atoms with Crippen molar-refractivity contribution in [2.45, 2.75) is 19.6 Å². The molecule has 7 nitrogen and oxygen atoms in total. The van der Waals surface area contributed by atoms with Crippen LogP contribution in [0, 0.1) is 11.6 Å². The molecule has 3 rings (SSSR count). The van der Waals surface area contributed by atoms with Gasteiger partial charge in [0.2, 0.25) is 11.7 Å². The number of tetrazole rings is 1. The minimum Gasteiger partial charge on any atom is -0.485 e. The molecule has 0 bridgehead atoms. The lowest BCUT2D eigenvalue weighted by Gasteiger charge is -2.08. The number of nitrogens with zero attached hydrogens (tertiary/aromatic N) is 3. The highest BCUT2D eigenvalue weighted by atomic mass is 19.1. The summed E-state index contributed by atoms with van der Waals surface area (Å²) >= 11 is 0. The molecule has 134 valence electrons. The van der Waals surface area contributed by atoms with Crippen LogP contribution < -0.4 is 10.1 Å². The van der Waals surface area contributed by atoms with Crippen LogP contribution in [0.2, 0.25) is 0 Å². The Bertz CT molecular complexity index is 866. The first-order valence-electron chi connectivity index (χ1n) is 7.74. The smallest absolute Gasteiger partial charge is 0.224 e. The number of carbonyl (C=O) groups excluding carboxylic acids is 1. The fraction of sp³-hybridized carbons (Fsp3) is 0.176. The molecule has 1 aromatic heterocycles. The normalized spacial score (nSPS) is 10.5. The van der Waals surface area contributed by atoms with Gasteiger partial charge in [0.1, 0.15) is 17.4 Å². The molecule has 1 heterocycles. The van der Waals surface area contributed by atoms with E-state index in [9.17, 15) is 13.6 Å². The molecule has 0 fully saturated rings. The minimum atomic E-state index is -0.709. The molecule has 0 saturated carbocycles. The molecule has 26 heavy (non-hydrogen) atoms. The van der Waals surface area contributed by atoms with Crippen LogP contribution in [0.15, 0.2) is 42.5 Å². The molecule has 0 aliphatic rings. The van der Waals surface area contributed by atoms with Crippen LogP contribution in [0.4, 0.5) is 8.78 Å². The van der Waals surface area contributed by atoms with E-state index in [2.05, 4.69) is 25.9 Å². The third-order valence-corrected chi connectivity index (χ3v) is 3.43. The van der Waals surface area contributed by atoms with Crippen LogP contribution in [0.3, 0.4) is 0 Å². The maximum Gasteiger partial charge on any atom is 0.224 e. The minimum absolute atomic E-state index is 0.108. The number of carbonyl (C=O) groups is 1. The average molecular weight is 359 g/mol. The molecule has 2 aromatic carbocycles. The highest BCUT2D eigenvalue weighted by molar-refractivity contribution is 5.78. The van der Waals surface area contributed by atoms with Gasteiger partial charge in [0.15, 0.2) is 6.61 Å². The van der Waals surface area contributed by atoms with Crippen LogP contribution in [0.1, 0.15) is 17.0 Å². The van der Waals surface area contributed by atoms with Gasteiger partial charge < -0.3 is 10.1 Å². The monoisotopic (exact) mass is 359 g/mol. The SMILES string of the molecule is O=C(Cc1cc(F)cc(F)c1)NCc1cccc(OCc2nn[nH]n2)c1. The lowest BCUT2D eigenvalue weighted by molar-refractivity contribution is -0.120. The van der Waals surface area contributed by atoms with E-state index < -0.39 is 11.6 Å². The number of benzene rings is 2. The number of nitrogens with one attached hydrogen (secondary N) is 2.